The summed E-state index contributed by atoms with van der Waals surface area (Å²) in [6.45, 7) is 7.48. The Bertz CT molecular complexity index is 235. The first kappa shape index (κ1) is 16.1. The van der Waals surface area contributed by atoms with Crippen molar-refractivity contribution in [3.05, 3.63) is 0 Å². The van der Waals surface area contributed by atoms with Crippen LogP contribution in [-0.2, 0) is 10.1 Å². The second kappa shape index (κ2) is 6.20. The number of hydrogen-bond donors (Lipinski definition) is 2. The molecule has 0 radical (unpaired) electrons. The summed E-state index contributed by atoms with van der Waals surface area (Å²) in [6, 6.07) is 0.648. The highest BCUT2D eigenvalue weighted by atomic mass is 32.2. The van der Waals surface area contributed by atoms with Crippen LogP contribution in [0.5, 0.6) is 0 Å². The third-order valence-electron chi connectivity index (χ3n) is 0.905. The smallest absolute Gasteiger partial charge is 0.315 e. The molecular weight excluding hydrogens is 223 g/mol. The van der Waals surface area contributed by atoms with Gasteiger partial charge in [0.05, 0.1) is 0 Å². The van der Waals surface area contributed by atoms with Crippen molar-refractivity contribution in [1.82, 2.24) is 5.32 Å². The van der Waals surface area contributed by atoms with E-state index in [0.717, 1.165) is 6.54 Å². The van der Waals surface area contributed by atoms with Gasteiger partial charge in [-0.2, -0.15) is 21.6 Å². The molecule has 0 rings (SSSR count). The molecule has 0 spiro atoms. The molecule has 0 bridgehead atoms. The van der Waals surface area contributed by atoms with Gasteiger partial charge in [0.15, 0.2) is 0 Å². The van der Waals surface area contributed by atoms with Crippen LogP contribution in [0, 0.1) is 0 Å². The lowest BCUT2D eigenvalue weighted by Gasteiger charge is -2.00. The Hall–Kier alpha value is -0.340. The average Bonchev–Trinajstić information content (AvgIpc) is 1.82. The molecule has 0 aromatic carbocycles. The largest absolute Gasteiger partial charge is 0.522 e. The minimum atomic E-state index is -5.84. The molecule has 0 atom stereocenters. The maximum atomic E-state index is 10.7. The van der Waals surface area contributed by atoms with E-state index >= 15 is 0 Å². The van der Waals surface area contributed by atoms with Gasteiger partial charge in [0.1, 0.15) is 0 Å². The molecule has 0 aliphatic carbocycles. The maximum Gasteiger partial charge on any atom is 0.522 e. The van der Waals surface area contributed by atoms with Crippen molar-refractivity contribution in [3.8, 4) is 0 Å². The minimum absolute atomic E-state index is 0.648. The molecule has 0 saturated heterocycles. The van der Waals surface area contributed by atoms with Gasteiger partial charge in [0.25, 0.3) is 0 Å². The maximum absolute atomic E-state index is 10.7. The van der Waals surface area contributed by atoms with E-state index in [9.17, 15) is 13.2 Å². The number of halogens is 3. The van der Waals surface area contributed by atoms with Gasteiger partial charge in [0, 0.05) is 6.04 Å². The summed E-state index contributed by atoms with van der Waals surface area (Å²) in [5.74, 6) is 0. The van der Waals surface area contributed by atoms with Crippen LogP contribution in [0.1, 0.15) is 20.8 Å². The number of rotatable bonds is 2. The van der Waals surface area contributed by atoms with Crippen LogP contribution in [0.4, 0.5) is 13.2 Å². The van der Waals surface area contributed by atoms with E-state index in [2.05, 4.69) is 26.1 Å². The molecule has 0 amide bonds. The lowest BCUT2D eigenvalue weighted by molar-refractivity contribution is -0.0510. The fourth-order valence-electron chi connectivity index (χ4n) is 0.408. The first-order chi connectivity index (χ1) is 6.02. The van der Waals surface area contributed by atoms with Crippen LogP contribution >= 0.6 is 0 Å². The van der Waals surface area contributed by atoms with Gasteiger partial charge in [-0.3, -0.25) is 4.55 Å². The Kier molecular flexibility index (Phi) is 7.13. The van der Waals surface area contributed by atoms with E-state index in [1.165, 1.54) is 0 Å². The fraction of sp³-hybridized carbons (Fsp3) is 1.00. The lowest BCUT2D eigenvalue weighted by Crippen LogP contribution is -2.21. The van der Waals surface area contributed by atoms with Gasteiger partial charge in [0.2, 0.25) is 0 Å². The van der Waals surface area contributed by atoms with Gasteiger partial charge in [-0.15, -0.1) is 0 Å². The van der Waals surface area contributed by atoms with Crippen LogP contribution < -0.4 is 5.32 Å². The molecule has 0 aliphatic heterocycles. The van der Waals surface area contributed by atoms with Crippen molar-refractivity contribution in [2.24, 2.45) is 0 Å². The summed E-state index contributed by atoms with van der Waals surface area (Å²) >= 11 is 0. The number of alkyl halides is 3. The molecule has 88 valence electrons. The summed E-state index contributed by atoms with van der Waals surface area (Å²) < 4.78 is 57.5. The predicted octanol–water partition coefficient (Wildman–Crippen LogP) is 1.40. The SMILES string of the molecule is CCNC(C)C.O=S(=O)(O)C(F)(F)F. The van der Waals surface area contributed by atoms with Crippen molar-refractivity contribution in [1.29, 1.82) is 0 Å². The molecule has 0 saturated carbocycles. The van der Waals surface area contributed by atoms with E-state index in [0.29, 0.717) is 6.04 Å². The average molecular weight is 237 g/mol. The molecule has 0 unspecified atom stereocenters. The van der Waals surface area contributed by atoms with Gasteiger partial charge in [-0.25, -0.2) is 0 Å². The minimum Gasteiger partial charge on any atom is -0.315 e. The molecule has 2 N–H and O–H groups in total. The molecule has 14 heavy (non-hydrogen) atoms. The zero-order chi connectivity index (χ0) is 12.0. The third-order valence-corrected chi connectivity index (χ3v) is 1.49. The van der Waals surface area contributed by atoms with Crippen molar-refractivity contribution in [2.45, 2.75) is 32.3 Å². The van der Waals surface area contributed by atoms with Gasteiger partial charge >= 0.3 is 15.6 Å². The van der Waals surface area contributed by atoms with Crippen molar-refractivity contribution in [3.63, 3.8) is 0 Å². The van der Waals surface area contributed by atoms with E-state index in [-0.39, 0.29) is 0 Å². The van der Waals surface area contributed by atoms with E-state index in [4.69, 9.17) is 13.0 Å². The van der Waals surface area contributed by atoms with Crippen molar-refractivity contribution < 1.29 is 26.1 Å². The highest BCUT2D eigenvalue weighted by Gasteiger charge is 2.44. The fourth-order valence-corrected chi connectivity index (χ4v) is 0.408. The first-order valence-corrected chi connectivity index (χ1v) is 5.23. The van der Waals surface area contributed by atoms with E-state index in [1.54, 1.807) is 0 Å². The predicted molar refractivity (Wildman–Crippen MR) is 46.4 cm³/mol. The molecule has 0 aromatic rings. The summed E-state index contributed by atoms with van der Waals surface area (Å²) in [4.78, 5) is 0. The molecule has 8 heteroatoms. The van der Waals surface area contributed by atoms with Crippen LogP contribution in [0.2, 0.25) is 0 Å². The standard InChI is InChI=1S/C5H13N.CHF3O3S/c1-4-6-5(2)3;2-1(3,4)8(5,6)7/h5-6H,4H2,1-3H3;(H,5,6,7). The molecule has 0 heterocycles. The number of hydrogen-bond acceptors (Lipinski definition) is 3. The molecule has 0 fully saturated rings. The lowest BCUT2D eigenvalue weighted by atomic mass is 10.4. The van der Waals surface area contributed by atoms with Gasteiger partial charge in [-0.1, -0.05) is 20.8 Å². The second-order valence-electron chi connectivity index (χ2n) is 2.63. The molecule has 0 aliphatic rings. The van der Waals surface area contributed by atoms with Gasteiger partial charge < -0.3 is 5.32 Å². The Morgan fingerprint density at radius 3 is 1.64 bits per heavy atom. The zero-order valence-corrected chi connectivity index (χ0v) is 8.91. The Balaban J connectivity index is 0. The Morgan fingerprint density at radius 2 is 1.64 bits per heavy atom. The van der Waals surface area contributed by atoms with Crippen LogP contribution in [-0.4, -0.2) is 31.1 Å². The molecular formula is C6H14F3NO3S. The highest BCUT2D eigenvalue weighted by Crippen LogP contribution is 2.20. The molecule has 0 aromatic heterocycles. The van der Waals surface area contributed by atoms with Crippen LogP contribution in [0.25, 0.3) is 0 Å². The van der Waals surface area contributed by atoms with E-state index in [1.807, 2.05) is 0 Å². The quantitative estimate of drug-likeness (QED) is 0.562. The summed E-state index contributed by atoms with van der Waals surface area (Å²) in [6.07, 6.45) is 0. The Labute approximate surface area is 81.2 Å². The third kappa shape index (κ3) is 9.75. The zero-order valence-electron chi connectivity index (χ0n) is 8.09. The number of nitrogens with one attached hydrogen (secondary N) is 1. The highest BCUT2D eigenvalue weighted by molar-refractivity contribution is 7.86. The topological polar surface area (TPSA) is 66.4 Å². The van der Waals surface area contributed by atoms with E-state index < -0.39 is 15.6 Å². The summed E-state index contributed by atoms with van der Waals surface area (Å²) in [7, 11) is -5.84. The van der Waals surface area contributed by atoms with Gasteiger partial charge in [-0.05, 0) is 6.54 Å². The summed E-state index contributed by atoms with van der Waals surface area (Å²) in [5, 5.41) is 3.21. The normalized spacial score (nSPS) is 12.3. The van der Waals surface area contributed by atoms with Crippen LogP contribution in [0.15, 0.2) is 0 Å². The van der Waals surface area contributed by atoms with Crippen LogP contribution in [0.3, 0.4) is 0 Å². The van der Waals surface area contributed by atoms with Crippen molar-refractivity contribution in [2.75, 3.05) is 6.54 Å². The first-order valence-electron chi connectivity index (χ1n) is 3.79. The molecule has 4 nitrogen and oxygen atoms in total. The Morgan fingerprint density at radius 1 is 1.36 bits per heavy atom. The van der Waals surface area contributed by atoms with Crippen molar-refractivity contribution >= 4 is 10.1 Å². The summed E-state index contributed by atoms with van der Waals surface area (Å²) in [5.41, 5.74) is -5.53. The second-order valence-corrected chi connectivity index (χ2v) is 4.05. The monoisotopic (exact) mass is 237 g/mol.